The van der Waals surface area contributed by atoms with E-state index in [0.717, 1.165) is 18.9 Å². The first-order chi connectivity index (χ1) is 14.5. The Morgan fingerprint density at radius 2 is 1.87 bits per heavy atom. The largest absolute Gasteiger partial charge is 0.444 e. The Bertz CT molecular complexity index is 815. The number of hydrogen-bond donors (Lipinski definition) is 3. The minimum atomic E-state index is -0.635. The highest BCUT2D eigenvalue weighted by atomic mass is 16.6. The molecule has 11 heteroatoms. The zero-order valence-electron chi connectivity index (χ0n) is 18.0. The van der Waals surface area contributed by atoms with Gasteiger partial charge < -0.3 is 10.1 Å². The van der Waals surface area contributed by atoms with Gasteiger partial charge in [0.15, 0.2) is 0 Å². The Morgan fingerprint density at radius 1 is 1.19 bits per heavy atom. The van der Waals surface area contributed by atoms with Gasteiger partial charge in [0.1, 0.15) is 5.60 Å². The van der Waals surface area contributed by atoms with Crippen molar-refractivity contribution >= 4 is 23.6 Å². The summed E-state index contributed by atoms with van der Waals surface area (Å²) >= 11 is 0. The van der Waals surface area contributed by atoms with Gasteiger partial charge in [0.2, 0.25) is 0 Å². The minimum absolute atomic E-state index is 0.0767. The molecule has 0 radical (unpaired) electrons. The predicted molar refractivity (Wildman–Crippen MR) is 112 cm³/mol. The highest BCUT2D eigenvalue weighted by molar-refractivity contribution is 5.96. The van der Waals surface area contributed by atoms with Gasteiger partial charge in [0, 0.05) is 24.2 Å². The highest BCUT2D eigenvalue weighted by Crippen LogP contribution is 2.16. The molecule has 3 N–H and O–H groups in total. The summed E-state index contributed by atoms with van der Waals surface area (Å²) in [6.45, 7) is 7.43. The maximum Gasteiger partial charge on any atom is 0.407 e. The number of nitro groups is 1. The molecule has 0 bridgehead atoms. The van der Waals surface area contributed by atoms with E-state index in [4.69, 9.17) is 4.74 Å². The highest BCUT2D eigenvalue weighted by Gasteiger charge is 2.23. The third-order valence-corrected chi connectivity index (χ3v) is 4.64. The van der Waals surface area contributed by atoms with Gasteiger partial charge in [0.25, 0.3) is 17.5 Å². The van der Waals surface area contributed by atoms with Gasteiger partial charge in [-0.05, 0) is 58.7 Å². The van der Waals surface area contributed by atoms with Crippen molar-refractivity contribution in [1.82, 2.24) is 21.1 Å². The second-order valence-electron chi connectivity index (χ2n) is 8.41. The van der Waals surface area contributed by atoms with Crippen molar-refractivity contribution in [3.63, 3.8) is 0 Å². The number of likely N-dealkylation sites (tertiary alicyclic amines) is 1. The second kappa shape index (κ2) is 10.7. The van der Waals surface area contributed by atoms with Crippen molar-refractivity contribution in [2.45, 2.75) is 39.2 Å². The van der Waals surface area contributed by atoms with E-state index in [9.17, 15) is 24.5 Å². The minimum Gasteiger partial charge on any atom is -0.444 e. The number of hydrazine groups is 1. The molecule has 170 valence electrons. The summed E-state index contributed by atoms with van der Waals surface area (Å²) < 4.78 is 5.22. The molecule has 2 rings (SSSR count). The molecule has 1 aromatic carbocycles. The molecule has 0 unspecified atom stereocenters. The summed E-state index contributed by atoms with van der Waals surface area (Å²) in [5.74, 6) is -0.714. The molecule has 1 saturated heterocycles. The molecular weight excluding hydrogens is 406 g/mol. The van der Waals surface area contributed by atoms with E-state index in [0.29, 0.717) is 25.6 Å². The summed E-state index contributed by atoms with van der Waals surface area (Å²) in [5.41, 5.74) is 3.93. The topological polar surface area (TPSA) is 143 Å². The molecule has 1 fully saturated rings. The molecular formula is C20H29N5O6. The molecule has 0 saturated carbocycles. The van der Waals surface area contributed by atoms with E-state index in [1.165, 1.54) is 18.2 Å². The van der Waals surface area contributed by atoms with Crippen LogP contribution < -0.4 is 16.2 Å². The summed E-state index contributed by atoms with van der Waals surface area (Å²) in [5, 5.41) is 13.6. The van der Waals surface area contributed by atoms with Crippen molar-refractivity contribution in [3.05, 3.63) is 39.9 Å². The van der Waals surface area contributed by atoms with Gasteiger partial charge in [-0.2, -0.15) is 0 Å². The number of carbonyl (C=O) groups is 3. The number of piperidine rings is 1. The van der Waals surface area contributed by atoms with E-state index >= 15 is 0 Å². The number of nitrogens with one attached hydrogen (secondary N) is 3. The molecule has 0 aromatic heterocycles. The van der Waals surface area contributed by atoms with Crippen LogP contribution in [0.15, 0.2) is 24.3 Å². The lowest BCUT2D eigenvalue weighted by Gasteiger charge is -2.31. The molecule has 3 amide bonds. The van der Waals surface area contributed by atoms with E-state index in [1.54, 1.807) is 0 Å². The van der Waals surface area contributed by atoms with Crippen LogP contribution in [0.25, 0.3) is 0 Å². The number of hydrogen-bond acceptors (Lipinski definition) is 7. The number of alkyl carbamates (subject to hydrolysis) is 1. The Kier molecular flexibility index (Phi) is 8.31. The predicted octanol–water partition coefficient (Wildman–Crippen LogP) is 1.59. The van der Waals surface area contributed by atoms with Crippen molar-refractivity contribution in [2.75, 3.05) is 26.2 Å². The van der Waals surface area contributed by atoms with Crippen LogP contribution in [0.2, 0.25) is 0 Å². The molecule has 1 aliphatic heterocycles. The van der Waals surface area contributed by atoms with Gasteiger partial charge in [0.05, 0.1) is 11.5 Å². The molecule has 0 spiro atoms. The summed E-state index contributed by atoms with van der Waals surface area (Å²) in [6, 6.07) is 5.24. The van der Waals surface area contributed by atoms with Crippen LogP contribution in [-0.4, -0.2) is 59.5 Å². The van der Waals surface area contributed by atoms with Crippen molar-refractivity contribution in [3.8, 4) is 0 Å². The lowest BCUT2D eigenvalue weighted by atomic mass is 9.97. The number of benzene rings is 1. The van der Waals surface area contributed by atoms with Gasteiger partial charge >= 0.3 is 6.09 Å². The fourth-order valence-corrected chi connectivity index (χ4v) is 3.09. The van der Waals surface area contributed by atoms with Gasteiger partial charge in [-0.1, -0.05) is 6.07 Å². The van der Waals surface area contributed by atoms with E-state index < -0.39 is 22.5 Å². The number of nitrogens with zero attached hydrogens (tertiary/aromatic N) is 2. The van der Waals surface area contributed by atoms with Gasteiger partial charge in [-0.3, -0.25) is 35.5 Å². The molecule has 1 heterocycles. The third kappa shape index (κ3) is 8.59. The quantitative estimate of drug-likeness (QED) is 0.455. The standard InChI is InChI=1S/C20H29N5O6/c1-20(2,3)31-19(28)21-12-14-7-9-24(10-8-14)13-17(26)22-23-18(27)15-5-4-6-16(11-15)25(29)30/h4-6,11,14H,7-10,12-13H2,1-3H3,(H,21,28)(H,22,26)(H,23,27). The first-order valence-electron chi connectivity index (χ1n) is 10.1. The van der Waals surface area contributed by atoms with Gasteiger partial charge in [-0.15, -0.1) is 0 Å². The van der Waals surface area contributed by atoms with Crippen LogP contribution in [0.3, 0.4) is 0 Å². The average molecular weight is 435 g/mol. The normalized spacial score (nSPS) is 15.1. The number of non-ortho nitro benzene ring substituents is 1. The summed E-state index contributed by atoms with van der Waals surface area (Å²) in [4.78, 5) is 48.0. The molecule has 31 heavy (non-hydrogen) atoms. The lowest BCUT2D eigenvalue weighted by Crippen LogP contribution is -2.48. The molecule has 0 aliphatic carbocycles. The lowest BCUT2D eigenvalue weighted by molar-refractivity contribution is -0.384. The van der Waals surface area contributed by atoms with Crippen molar-refractivity contribution in [1.29, 1.82) is 0 Å². The second-order valence-corrected chi connectivity index (χ2v) is 8.41. The first-order valence-corrected chi connectivity index (χ1v) is 10.1. The Labute approximate surface area is 180 Å². The van der Waals surface area contributed by atoms with E-state index in [-0.39, 0.29) is 23.7 Å². The number of amides is 3. The fraction of sp³-hybridized carbons (Fsp3) is 0.550. The number of nitro benzene ring substituents is 1. The molecule has 0 atom stereocenters. The number of ether oxygens (including phenoxy) is 1. The zero-order valence-corrected chi connectivity index (χ0v) is 18.0. The summed E-state index contributed by atoms with van der Waals surface area (Å²) in [7, 11) is 0. The third-order valence-electron chi connectivity index (χ3n) is 4.64. The zero-order chi connectivity index (χ0) is 23.0. The van der Waals surface area contributed by atoms with Crippen LogP contribution in [0.1, 0.15) is 44.0 Å². The maximum atomic E-state index is 12.1. The molecule has 1 aromatic rings. The van der Waals surface area contributed by atoms with Crippen LogP contribution in [0, 0.1) is 16.0 Å². The Hall–Kier alpha value is -3.21. The fourth-order valence-electron chi connectivity index (χ4n) is 3.09. The molecule has 1 aliphatic rings. The number of carbonyl (C=O) groups excluding carboxylic acids is 3. The Balaban J connectivity index is 1.67. The van der Waals surface area contributed by atoms with Crippen molar-refractivity contribution in [2.24, 2.45) is 5.92 Å². The van der Waals surface area contributed by atoms with Crippen LogP contribution in [0.5, 0.6) is 0 Å². The van der Waals surface area contributed by atoms with Gasteiger partial charge in [-0.25, -0.2) is 4.79 Å². The monoisotopic (exact) mass is 435 g/mol. The Morgan fingerprint density at radius 3 is 2.48 bits per heavy atom. The SMILES string of the molecule is CC(C)(C)OC(=O)NCC1CCN(CC(=O)NNC(=O)c2cccc([N+](=O)[O-])c2)CC1. The average Bonchev–Trinajstić information content (AvgIpc) is 2.70. The van der Waals surface area contributed by atoms with Crippen LogP contribution >= 0.6 is 0 Å². The first kappa shape index (κ1) is 24.1. The van der Waals surface area contributed by atoms with E-state index in [1.807, 2.05) is 25.7 Å². The van der Waals surface area contributed by atoms with E-state index in [2.05, 4.69) is 16.2 Å². The van der Waals surface area contributed by atoms with Crippen LogP contribution in [-0.2, 0) is 9.53 Å². The number of rotatable bonds is 6. The van der Waals surface area contributed by atoms with Crippen LogP contribution in [0.4, 0.5) is 10.5 Å². The summed E-state index contributed by atoms with van der Waals surface area (Å²) in [6.07, 6.45) is 1.21. The molecule has 11 nitrogen and oxygen atoms in total. The smallest absolute Gasteiger partial charge is 0.407 e. The maximum absolute atomic E-state index is 12.1. The van der Waals surface area contributed by atoms with Crippen molar-refractivity contribution < 1.29 is 24.0 Å².